The van der Waals surface area contributed by atoms with Crippen LogP contribution in [-0.4, -0.2) is 72.7 Å². The molecule has 1 aliphatic rings. The van der Waals surface area contributed by atoms with Gasteiger partial charge in [0, 0.05) is 27.2 Å². The van der Waals surface area contributed by atoms with Crippen LogP contribution in [-0.2, 0) is 9.59 Å². The molecule has 1 aromatic carbocycles. The number of hydrogen-bond acceptors (Lipinski definition) is 4. The van der Waals surface area contributed by atoms with Crippen LogP contribution in [0.15, 0.2) is 24.3 Å². The first-order valence-corrected chi connectivity index (χ1v) is 8.01. The minimum atomic E-state index is -4.98. The number of carboxylic acids is 1. The van der Waals surface area contributed by atoms with E-state index in [4.69, 9.17) is 9.84 Å². The number of carbonyl (C=O) groups excluding carboxylic acids is 2. The first kappa shape index (κ1) is 20.5. The van der Waals surface area contributed by atoms with Gasteiger partial charge in [0.05, 0.1) is 5.56 Å². The Kier molecular flexibility index (Phi) is 5.67. The zero-order chi connectivity index (χ0) is 20.4. The summed E-state index contributed by atoms with van der Waals surface area (Å²) in [5.41, 5.74) is -3.02. The molecule has 1 atom stereocenters. The Hall–Kier alpha value is -2.78. The van der Waals surface area contributed by atoms with Crippen LogP contribution in [0.1, 0.15) is 16.8 Å². The molecule has 0 spiro atoms. The normalized spacial score (nSPS) is 19.7. The SMILES string of the molecule is CN(C)C(=O)COc1ccccc1C(=O)N1CCC(C(=O)O)(C(F)(F)F)C1. The average Bonchev–Trinajstić information content (AvgIpc) is 3.06. The lowest BCUT2D eigenvalue weighted by atomic mass is 9.86. The second-order valence-electron chi connectivity index (χ2n) is 6.43. The third kappa shape index (κ3) is 3.99. The minimum Gasteiger partial charge on any atom is -0.483 e. The fraction of sp³-hybridized carbons (Fsp3) is 0.471. The number of rotatable bonds is 5. The van der Waals surface area contributed by atoms with Crippen molar-refractivity contribution in [3.8, 4) is 5.75 Å². The van der Waals surface area contributed by atoms with Crippen LogP contribution in [0.3, 0.4) is 0 Å². The first-order chi connectivity index (χ1) is 12.5. The molecule has 0 aliphatic carbocycles. The number of aliphatic carboxylic acids is 1. The molecule has 1 saturated heterocycles. The van der Waals surface area contributed by atoms with Gasteiger partial charge in [-0.05, 0) is 18.6 Å². The molecule has 1 aromatic rings. The lowest BCUT2D eigenvalue weighted by Crippen LogP contribution is -2.47. The van der Waals surface area contributed by atoms with Crippen molar-refractivity contribution in [2.75, 3.05) is 33.8 Å². The van der Waals surface area contributed by atoms with E-state index >= 15 is 0 Å². The predicted octanol–water partition coefficient (Wildman–Crippen LogP) is 1.63. The van der Waals surface area contributed by atoms with Gasteiger partial charge in [0.25, 0.3) is 11.8 Å². The van der Waals surface area contributed by atoms with Crippen molar-refractivity contribution in [2.45, 2.75) is 12.6 Å². The molecule has 2 rings (SSSR count). The van der Waals surface area contributed by atoms with E-state index in [2.05, 4.69) is 0 Å². The van der Waals surface area contributed by atoms with Gasteiger partial charge in [0.2, 0.25) is 0 Å². The number of hydrogen-bond donors (Lipinski definition) is 1. The van der Waals surface area contributed by atoms with E-state index in [0.29, 0.717) is 0 Å². The summed E-state index contributed by atoms with van der Waals surface area (Å²) in [6, 6.07) is 5.82. The van der Waals surface area contributed by atoms with Crippen LogP contribution in [0, 0.1) is 5.41 Å². The van der Waals surface area contributed by atoms with Gasteiger partial charge in [0.1, 0.15) is 5.75 Å². The molecule has 0 aromatic heterocycles. The molecule has 10 heteroatoms. The Morgan fingerprint density at radius 1 is 1.26 bits per heavy atom. The lowest BCUT2D eigenvalue weighted by molar-refractivity contribution is -0.227. The molecule has 1 N–H and O–H groups in total. The quantitative estimate of drug-likeness (QED) is 0.829. The topological polar surface area (TPSA) is 87.2 Å². The molecule has 1 aliphatic heterocycles. The van der Waals surface area contributed by atoms with Crippen molar-refractivity contribution in [1.29, 1.82) is 0 Å². The molecule has 1 fully saturated rings. The molecule has 7 nitrogen and oxygen atoms in total. The number of benzene rings is 1. The number of nitrogens with zero attached hydrogens (tertiary/aromatic N) is 2. The molecule has 0 radical (unpaired) electrons. The average molecular weight is 388 g/mol. The van der Waals surface area contributed by atoms with E-state index in [9.17, 15) is 27.6 Å². The fourth-order valence-electron chi connectivity index (χ4n) is 2.72. The van der Waals surface area contributed by atoms with E-state index in [0.717, 1.165) is 4.90 Å². The highest BCUT2D eigenvalue weighted by molar-refractivity contribution is 5.97. The first-order valence-electron chi connectivity index (χ1n) is 8.01. The maximum atomic E-state index is 13.3. The number of likely N-dealkylation sites (tertiary alicyclic amines) is 1. The Morgan fingerprint density at radius 2 is 1.89 bits per heavy atom. The molecule has 2 amide bonds. The number of para-hydroxylation sites is 1. The monoisotopic (exact) mass is 388 g/mol. The van der Waals surface area contributed by atoms with Crippen molar-refractivity contribution in [3.05, 3.63) is 29.8 Å². The smallest absolute Gasteiger partial charge is 0.406 e. The summed E-state index contributed by atoms with van der Waals surface area (Å²) in [5.74, 6) is -3.11. The molecule has 148 valence electrons. The molecular formula is C17H19F3N2O5. The molecule has 0 saturated carbocycles. The second kappa shape index (κ2) is 7.45. The highest BCUT2D eigenvalue weighted by Crippen LogP contribution is 2.46. The maximum Gasteiger partial charge on any atom is 0.406 e. The van der Waals surface area contributed by atoms with Crippen LogP contribution in [0.5, 0.6) is 5.75 Å². The van der Waals surface area contributed by atoms with E-state index in [1.807, 2.05) is 0 Å². The number of ether oxygens (including phenoxy) is 1. The summed E-state index contributed by atoms with van der Waals surface area (Å²) in [6.07, 6.45) is -5.71. The molecule has 0 bridgehead atoms. The van der Waals surface area contributed by atoms with Crippen molar-refractivity contribution >= 4 is 17.8 Å². The van der Waals surface area contributed by atoms with Crippen molar-refractivity contribution in [2.24, 2.45) is 5.41 Å². The molecule has 27 heavy (non-hydrogen) atoms. The van der Waals surface area contributed by atoms with Crippen LogP contribution in [0.2, 0.25) is 0 Å². The zero-order valence-corrected chi connectivity index (χ0v) is 14.7. The highest BCUT2D eigenvalue weighted by atomic mass is 19.4. The minimum absolute atomic E-state index is 0.0348. The molecular weight excluding hydrogens is 369 g/mol. The van der Waals surface area contributed by atoms with Crippen molar-refractivity contribution in [3.63, 3.8) is 0 Å². The van der Waals surface area contributed by atoms with Crippen LogP contribution >= 0.6 is 0 Å². The fourth-order valence-corrected chi connectivity index (χ4v) is 2.72. The molecule has 1 heterocycles. The number of carbonyl (C=O) groups is 3. The summed E-state index contributed by atoms with van der Waals surface area (Å²) in [7, 11) is 3.05. The van der Waals surface area contributed by atoms with Crippen LogP contribution in [0.4, 0.5) is 13.2 Å². The van der Waals surface area contributed by atoms with E-state index in [1.54, 1.807) is 6.07 Å². The lowest BCUT2D eigenvalue weighted by Gasteiger charge is -2.27. The number of alkyl halides is 3. The zero-order valence-electron chi connectivity index (χ0n) is 14.7. The number of likely N-dealkylation sites (N-methyl/N-ethyl adjacent to an activating group) is 1. The largest absolute Gasteiger partial charge is 0.483 e. The summed E-state index contributed by atoms with van der Waals surface area (Å²) in [5, 5.41) is 9.10. The van der Waals surface area contributed by atoms with Gasteiger partial charge in [-0.1, -0.05) is 12.1 Å². The number of carboxylic acid groups (broad SMARTS) is 1. The van der Waals surface area contributed by atoms with Gasteiger partial charge in [-0.2, -0.15) is 13.2 Å². The van der Waals surface area contributed by atoms with E-state index < -0.39 is 36.4 Å². The number of amides is 2. The predicted molar refractivity (Wildman–Crippen MR) is 87.3 cm³/mol. The number of halogens is 3. The maximum absolute atomic E-state index is 13.3. The molecule has 1 unspecified atom stereocenters. The Bertz CT molecular complexity index is 750. The van der Waals surface area contributed by atoms with Gasteiger partial charge in [-0.3, -0.25) is 14.4 Å². The van der Waals surface area contributed by atoms with Crippen LogP contribution < -0.4 is 4.74 Å². The van der Waals surface area contributed by atoms with Gasteiger partial charge in [-0.15, -0.1) is 0 Å². The van der Waals surface area contributed by atoms with Gasteiger partial charge >= 0.3 is 12.1 Å². The Labute approximate surface area is 153 Å². The second-order valence-corrected chi connectivity index (χ2v) is 6.43. The highest BCUT2D eigenvalue weighted by Gasteiger charge is 2.64. The third-order valence-electron chi connectivity index (χ3n) is 4.48. The summed E-state index contributed by atoms with van der Waals surface area (Å²) in [6.45, 7) is -1.68. The summed E-state index contributed by atoms with van der Waals surface area (Å²) < 4.78 is 45.2. The Morgan fingerprint density at radius 3 is 2.41 bits per heavy atom. The van der Waals surface area contributed by atoms with E-state index in [-0.39, 0.29) is 30.4 Å². The van der Waals surface area contributed by atoms with E-state index in [1.165, 1.54) is 37.2 Å². The van der Waals surface area contributed by atoms with Crippen molar-refractivity contribution in [1.82, 2.24) is 9.80 Å². The third-order valence-corrected chi connectivity index (χ3v) is 4.48. The van der Waals surface area contributed by atoms with Crippen LogP contribution in [0.25, 0.3) is 0 Å². The standard InChI is InChI=1S/C17H19F3N2O5/c1-21(2)13(23)9-27-12-6-4-3-5-11(12)14(24)22-8-7-16(10-22,15(25)26)17(18,19)20/h3-6H,7-10H2,1-2H3,(H,25,26). The van der Waals surface area contributed by atoms with Gasteiger partial charge in [0.15, 0.2) is 12.0 Å². The Balaban J connectivity index is 2.22. The van der Waals surface area contributed by atoms with Crippen molar-refractivity contribution < 1.29 is 37.4 Å². The van der Waals surface area contributed by atoms with Gasteiger partial charge < -0.3 is 19.6 Å². The summed E-state index contributed by atoms with van der Waals surface area (Å²) >= 11 is 0. The summed E-state index contributed by atoms with van der Waals surface area (Å²) in [4.78, 5) is 37.7. The van der Waals surface area contributed by atoms with Gasteiger partial charge in [-0.25, -0.2) is 0 Å².